The van der Waals surface area contributed by atoms with Gasteiger partial charge in [-0.05, 0) is 32.1 Å². The van der Waals surface area contributed by atoms with Gasteiger partial charge in [0.15, 0.2) is 0 Å². The van der Waals surface area contributed by atoms with Crippen molar-refractivity contribution in [2.75, 3.05) is 10.6 Å². The molecule has 1 fully saturated rings. The second-order valence-corrected chi connectivity index (χ2v) is 5.60. The van der Waals surface area contributed by atoms with Gasteiger partial charge >= 0.3 is 0 Å². The first-order chi connectivity index (χ1) is 8.56. The van der Waals surface area contributed by atoms with Gasteiger partial charge in [0, 0.05) is 7.05 Å². The molecular formula is C13H20N4O. The minimum atomic E-state index is -0.468. The zero-order chi connectivity index (χ0) is 12.9. The van der Waals surface area contributed by atoms with Crippen LogP contribution in [0.25, 0.3) is 0 Å². The quantitative estimate of drug-likeness (QED) is 0.859. The summed E-state index contributed by atoms with van der Waals surface area (Å²) in [7, 11) is 1.93. The maximum absolute atomic E-state index is 12.3. The molecule has 2 heterocycles. The van der Waals surface area contributed by atoms with Crippen LogP contribution in [0, 0.1) is 5.92 Å². The first-order valence-electron chi connectivity index (χ1n) is 6.71. The number of carbonyl (C=O) groups is 1. The lowest BCUT2D eigenvalue weighted by molar-refractivity contribution is -0.120. The Kier molecular flexibility index (Phi) is 2.40. The zero-order valence-electron chi connectivity index (χ0n) is 11.2. The molecule has 1 atom stereocenters. The molecule has 1 aliphatic heterocycles. The third-order valence-electron chi connectivity index (χ3n) is 4.09. The predicted molar refractivity (Wildman–Crippen MR) is 70.6 cm³/mol. The molecule has 0 bridgehead atoms. The first kappa shape index (κ1) is 11.6. The number of hydrogen-bond donors (Lipinski definition) is 2. The molecule has 2 N–H and O–H groups in total. The molecule has 0 radical (unpaired) electrons. The van der Waals surface area contributed by atoms with Gasteiger partial charge in [-0.15, -0.1) is 0 Å². The van der Waals surface area contributed by atoms with Crippen molar-refractivity contribution in [3.05, 3.63) is 5.69 Å². The number of aryl methyl sites for hydroxylation is 2. The average molecular weight is 248 g/mol. The molecule has 3 rings (SSSR count). The fraction of sp³-hybridized carbons (Fsp3) is 0.692. The van der Waals surface area contributed by atoms with Crippen LogP contribution in [-0.4, -0.2) is 21.2 Å². The summed E-state index contributed by atoms with van der Waals surface area (Å²) in [5.74, 6) is 1.49. The summed E-state index contributed by atoms with van der Waals surface area (Å²) in [4.78, 5) is 12.3. The highest BCUT2D eigenvalue weighted by Gasteiger charge is 2.50. The first-order valence-corrected chi connectivity index (χ1v) is 6.71. The average Bonchev–Trinajstić information content (AvgIpc) is 3.12. The number of carbonyl (C=O) groups excluding carboxylic acids is 1. The third kappa shape index (κ3) is 1.53. The standard InChI is InChI=1S/C13H20N4O/c1-4-5-9-10-11(17(3)16-9)15-13(2,8-6-7-8)12(18)14-10/h8,15H,4-7H2,1-3H3,(H,14,18). The Morgan fingerprint density at radius 2 is 2.22 bits per heavy atom. The van der Waals surface area contributed by atoms with Crippen molar-refractivity contribution in [1.29, 1.82) is 0 Å². The van der Waals surface area contributed by atoms with Crippen molar-refractivity contribution < 1.29 is 4.79 Å². The highest BCUT2D eigenvalue weighted by atomic mass is 16.2. The molecule has 1 aromatic rings. The molecule has 1 amide bonds. The molecular weight excluding hydrogens is 228 g/mol. The Morgan fingerprint density at radius 3 is 2.83 bits per heavy atom. The highest BCUT2D eigenvalue weighted by Crippen LogP contribution is 2.45. The van der Waals surface area contributed by atoms with E-state index in [9.17, 15) is 4.79 Å². The fourth-order valence-electron chi connectivity index (χ4n) is 2.76. The maximum Gasteiger partial charge on any atom is 0.250 e. The van der Waals surface area contributed by atoms with E-state index >= 15 is 0 Å². The van der Waals surface area contributed by atoms with Crippen molar-refractivity contribution in [1.82, 2.24) is 9.78 Å². The van der Waals surface area contributed by atoms with Gasteiger partial charge < -0.3 is 10.6 Å². The lowest BCUT2D eigenvalue weighted by atomic mass is 9.92. The summed E-state index contributed by atoms with van der Waals surface area (Å²) < 4.78 is 1.85. The second-order valence-electron chi connectivity index (χ2n) is 5.60. The normalized spacial score (nSPS) is 26.5. The zero-order valence-corrected chi connectivity index (χ0v) is 11.2. The van der Waals surface area contributed by atoms with Crippen LogP contribution in [0.2, 0.25) is 0 Å². The summed E-state index contributed by atoms with van der Waals surface area (Å²) >= 11 is 0. The van der Waals surface area contributed by atoms with Crippen LogP contribution in [0.3, 0.4) is 0 Å². The van der Waals surface area contributed by atoms with E-state index in [0.717, 1.165) is 42.9 Å². The topological polar surface area (TPSA) is 59.0 Å². The minimum Gasteiger partial charge on any atom is -0.354 e. The number of rotatable bonds is 3. The molecule has 1 aliphatic carbocycles. The van der Waals surface area contributed by atoms with Crippen LogP contribution in [0.5, 0.6) is 0 Å². The molecule has 18 heavy (non-hydrogen) atoms. The van der Waals surface area contributed by atoms with Crippen molar-refractivity contribution in [2.45, 2.75) is 45.1 Å². The van der Waals surface area contributed by atoms with E-state index in [1.54, 1.807) is 0 Å². The van der Waals surface area contributed by atoms with Crippen molar-refractivity contribution >= 4 is 17.4 Å². The Morgan fingerprint density at radius 1 is 1.50 bits per heavy atom. The lowest BCUT2D eigenvalue weighted by Gasteiger charge is -2.35. The molecule has 98 valence electrons. The summed E-state index contributed by atoms with van der Waals surface area (Å²) in [5, 5.41) is 11.0. The van der Waals surface area contributed by atoms with E-state index in [4.69, 9.17) is 0 Å². The van der Waals surface area contributed by atoms with Crippen LogP contribution >= 0.6 is 0 Å². The van der Waals surface area contributed by atoms with Crippen LogP contribution in [0.1, 0.15) is 38.8 Å². The Bertz CT molecular complexity index is 503. The Balaban J connectivity index is 1.99. The van der Waals surface area contributed by atoms with Gasteiger partial charge in [-0.3, -0.25) is 9.48 Å². The van der Waals surface area contributed by atoms with Crippen molar-refractivity contribution in [3.8, 4) is 0 Å². The fourth-order valence-corrected chi connectivity index (χ4v) is 2.76. The molecule has 1 saturated carbocycles. The van der Waals surface area contributed by atoms with Crippen LogP contribution in [0.15, 0.2) is 0 Å². The molecule has 1 unspecified atom stereocenters. The molecule has 0 aromatic carbocycles. The number of hydrogen-bond acceptors (Lipinski definition) is 3. The summed E-state index contributed by atoms with van der Waals surface area (Å²) in [6, 6.07) is 0. The van der Waals surface area contributed by atoms with E-state index < -0.39 is 5.54 Å². The van der Waals surface area contributed by atoms with Crippen LogP contribution in [-0.2, 0) is 18.3 Å². The van der Waals surface area contributed by atoms with E-state index in [-0.39, 0.29) is 5.91 Å². The van der Waals surface area contributed by atoms with E-state index in [1.807, 2.05) is 18.7 Å². The van der Waals surface area contributed by atoms with E-state index in [1.165, 1.54) is 0 Å². The number of nitrogens with one attached hydrogen (secondary N) is 2. The van der Waals surface area contributed by atoms with E-state index in [2.05, 4.69) is 22.7 Å². The van der Waals surface area contributed by atoms with Crippen molar-refractivity contribution in [3.63, 3.8) is 0 Å². The largest absolute Gasteiger partial charge is 0.354 e. The highest BCUT2D eigenvalue weighted by molar-refractivity contribution is 6.06. The predicted octanol–water partition coefficient (Wildman–Crippen LogP) is 1.91. The number of nitrogens with zero attached hydrogens (tertiary/aromatic N) is 2. The van der Waals surface area contributed by atoms with Gasteiger partial charge in [-0.2, -0.15) is 5.10 Å². The van der Waals surface area contributed by atoms with Gasteiger partial charge in [0.05, 0.1) is 5.69 Å². The molecule has 5 heteroatoms. The molecule has 2 aliphatic rings. The number of anilines is 2. The molecule has 5 nitrogen and oxygen atoms in total. The SMILES string of the molecule is CCCc1nn(C)c2c1NC(=O)C(C)(C1CC1)N2. The number of amides is 1. The van der Waals surface area contributed by atoms with Crippen molar-refractivity contribution in [2.24, 2.45) is 13.0 Å². The smallest absolute Gasteiger partial charge is 0.250 e. The van der Waals surface area contributed by atoms with Gasteiger partial charge in [0.2, 0.25) is 5.91 Å². The van der Waals surface area contributed by atoms with Gasteiger partial charge in [-0.25, -0.2) is 0 Å². The minimum absolute atomic E-state index is 0.0860. The lowest BCUT2D eigenvalue weighted by Crippen LogP contribution is -2.52. The van der Waals surface area contributed by atoms with Gasteiger partial charge in [0.25, 0.3) is 0 Å². The molecule has 0 saturated heterocycles. The third-order valence-corrected chi connectivity index (χ3v) is 4.09. The summed E-state index contributed by atoms with van der Waals surface area (Å²) in [5.41, 5.74) is 1.39. The summed E-state index contributed by atoms with van der Waals surface area (Å²) in [6.45, 7) is 4.11. The van der Waals surface area contributed by atoms with E-state index in [0.29, 0.717) is 5.92 Å². The van der Waals surface area contributed by atoms with Gasteiger partial charge in [0.1, 0.15) is 17.0 Å². The maximum atomic E-state index is 12.3. The van der Waals surface area contributed by atoms with Crippen LogP contribution in [0.4, 0.5) is 11.5 Å². The monoisotopic (exact) mass is 248 g/mol. The van der Waals surface area contributed by atoms with Gasteiger partial charge in [-0.1, -0.05) is 13.3 Å². The Hall–Kier alpha value is -1.52. The second kappa shape index (κ2) is 3.73. The van der Waals surface area contributed by atoms with Crippen LogP contribution < -0.4 is 10.6 Å². The molecule has 0 spiro atoms. The summed E-state index contributed by atoms with van der Waals surface area (Å²) in [6.07, 6.45) is 4.18. The number of fused-ring (bicyclic) bond motifs is 1. The number of aromatic nitrogens is 2. The molecule has 1 aromatic heterocycles. The Labute approximate surface area is 107 Å².